The van der Waals surface area contributed by atoms with Crippen LogP contribution in [0.1, 0.15) is 28.4 Å². The highest BCUT2D eigenvalue weighted by Crippen LogP contribution is 2.33. The normalized spacial score (nSPS) is 13.4. The Morgan fingerprint density at radius 3 is 2.54 bits per heavy atom. The van der Waals surface area contributed by atoms with Crippen molar-refractivity contribution in [2.75, 3.05) is 5.73 Å². The number of nitrogen functional groups attached to an aromatic ring is 1. The number of nitrogens with two attached hydrogens (primary N) is 1. The van der Waals surface area contributed by atoms with Crippen molar-refractivity contribution in [1.82, 2.24) is 24.5 Å². The Morgan fingerprint density at radius 2 is 1.75 bits per heavy atom. The minimum absolute atomic E-state index is 0.267. The van der Waals surface area contributed by atoms with Gasteiger partial charge < -0.3 is 10.3 Å². The largest absolute Gasteiger partial charge is 0.368 e. The molecule has 28 heavy (non-hydrogen) atoms. The molecule has 5 rings (SSSR count). The maximum atomic E-state index is 5.69. The number of nitrogens with zero attached hydrogens (tertiary/aromatic N) is 5. The second kappa shape index (κ2) is 7.16. The molecule has 0 amide bonds. The van der Waals surface area contributed by atoms with E-state index in [1.54, 1.807) is 12.4 Å². The summed E-state index contributed by atoms with van der Waals surface area (Å²) in [5.74, 6) is 0.267. The van der Waals surface area contributed by atoms with Crippen LogP contribution in [0.25, 0.3) is 22.5 Å². The zero-order chi connectivity index (χ0) is 18.9. The molecule has 0 bridgehead atoms. The number of imidazole rings is 1. The fraction of sp³-hybridized carbons (Fsp3) is 0.238. The first-order valence-corrected chi connectivity index (χ1v) is 10.3. The van der Waals surface area contributed by atoms with Crippen molar-refractivity contribution in [2.24, 2.45) is 0 Å². The highest BCUT2D eigenvalue weighted by molar-refractivity contribution is 7.11. The molecule has 0 saturated heterocycles. The summed E-state index contributed by atoms with van der Waals surface area (Å²) >= 11 is 1.83. The highest BCUT2D eigenvalue weighted by Gasteiger charge is 2.19. The average molecular weight is 389 g/mol. The van der Waals surface area contributed by atoms with Crippen molar-refractivity contribution in [3.8, 4) is 22.5 Å². The monoisotopic (exact) mass is 388 g/mol. The van der Waals surface area contributed by atoms with E-state index in [1.165, 1.54) is 23.4 Å². The molecule has 3 heterocycles. The van der Waals surface area contributed by atoms with E-state index in [2.05, 4.69) is 26.7 Å². The van der Waals surface area contributed by atoms with Crippen LogP contribution in [0.2, 0.25) is 0 Å². The molecule has 7 heteroatoms. The van der Waals surface area contributed by atoms with Gasteiger partial charge in [0.2, 0.25) is 5.95 Å². The van der Waals surface area contributed by atoms with Crippen molar-refractivity contribution in [3.63, 3.8) is 0 Å². The summed E-state index contributed by atoms with van der Waals surface area (Å²) in [7, 11) is 0. The molecule has 0 spiro atoms. The SMILES string of the molecule is Nc1ncc(-c2c(-c3ccccc3)ncn2Cc2nc3c(s2)CCCC3)cn1. The summed E-state index contributed by atoms with van der Waals surface area (Å²) in [6.45, 7) is 0.692. The van der Waals surface area contributed by atoms with Crippen LogP contribution in [0.15, 0.2) is 49.1 Å². The maximum absolute atomic E-state index is 5.69. The van der Waals surface area contributed by atoms with Crippen LogP contribution in [0.3, 0.4) is 0 Å². The van der Waals surface area contributed by atoms with E-state index in [-0.39, 0.29) is 5.95 Å². The summed E-state index contributed by atoms with van der Waals surface area (Å²) < 4.78 is 2.14. The minimum atomic E-state index is 0.267. The Hall–Kier alpha value is -3.06. The predicted octanol–water partition coefficient (Wildman–Crippen LogP) is 3.97. The highest BCUT2D eigenvalue weighted by atomic mass is 32.1. The van der Waals surface area contributed by atoms with Gasteiger partial charge in [-0.25, -0.2) is 19.9 Å². The first-order valence-electron chi connectivity index (χ1n) is 9.44. The van der Waals surface area contributed by atoms with Gasteiger partial charge in [0, 0.05) is 28.4 Å². The number of aromatic nitrogens is 5. The van der Waals surface area contributed by atoms with Crippen LogP contribution >= 0.6 is 11.3 Å². The van der Waals surface area contributed by atoms with Crippen LogP contribution in [-0.4, -0.2) is 24.5 Å². The summed E-state index contributed by atoms with van der Waals surface area (Å²) in [5.41, 5.74) is 10.8. The smallest absolute Gasteiger partial charge is 0.219 e. The van der Waals surface area contributed by atoms with Gasteiger partial charge in [-0.15, -0.1) is 11.3 Å². The standard InChI is InChI=1S/C21H20N6S/c22-21-23-10-15(11-24-21)20-19(14-6-2-1-3-7-14)25-13-27(20)12-18-26-16-8-4-5-9-17(16)28-18/h1-3,6-7,10-11,13H,4-5,8-9,12H2,(H2,22,23,24). The van der Waals surface area contributed by atoms with E-state index in [4.69, 9.17) is 15.7 Å². The first-order chi connectivity index (χ1) is 13.8. The zero-order valence-electron chi connectivity index (χ0n) is 15.4. The Bertz CT molecular complexity index is 1070. The third-order valence-corrected chi connectivity index (χ3v) is 6.17. The number of hydrogen-bond acceptors (Lipinski definition) is 6. The molecule has 0 saturated carbocycles. The van der Waals surface area contributed by atoms with Gasteiger partial charge in [0.15, 0.2) is 0 Å². The second-order valence-electron chi connectivity index (χ2n) is 6.95. The van der Waals surface area contributed by atoms with Crippen LogP contribution in [0, 0.1) is 0 Å². The summed E-state index contributed by atoms with van der Waals surface area (Å²) in [4.78, 5) is 19.4. The van der Waals surface area contributed by atoms with Crippen molar-refractivity contribution in [1.29, 1.82) is 0 Å². The number of thiazole rings is 1. The quantitative estimate of drug-likeness (QED) is 0.572. The lowest BCUT2D eigenvalue weighted by Crippen LogP contribution is -2.03. The fourth-order valence-corrected chi connectivity index (χ4v) is 4.85. The minimum Gasteiger partial charge on any atom is -0.368 e. The van der Waals surface area contributed by atoms with E-state index in [0.717, 1.165) is 40.4 Å². The Balaban J connectivity index is 1.58. The number of anilines is 1. The van der Waals surface area contributed by atoms with Gasteiger partial charge in [0.25, 0.3) is 0 Å². The number of benzene rings is 1. The Labute approximate surface area is 167 Å². The van der Waals surface area contributed by atoms with Gasteiger partial charge >= 0.3 is 0 Å². The molecule has 1 aliphatic carbocycles. The Morgan fingerprint density at radius 1 is 0.964 bits per heavy atom. The molecule has 0 radical (unpaired) electrons. The first kappa shape index (κ1) is 17.1. The molecule has 3 aromatic heterocycles. The molecule has 0 aliphatic heterocycles. The molecule has 4 aromatic rings. The molecule has 1 aromatic carbocycles. The number of rotatable bonds is 4. The molecule has 140 valence electrons. The fourth-order valence-electron chi connectivity index (χ4n) is 3.69. The van der Waals surface area contributed by atoms with E-state index in [0.29, 0.717) is 6.54 Å². The molecule has 2 N–H and O–H groups in total. The third kappa shape index (κ3) is 3.18. The van der Waals surface area contributed by atoms with E-state index in [9.17, 15) is 0 Å². The third-order valence-electron chi connectivity index (χ3n) is 5.03. The summed E-state index contributed by atoms with van der Waals surface area (Å²) in [5, 5.41) is 1.13. The zero-order valence-corrected chi connectivity index (χ0v) is 16.2. The van der Waals surface area contributed by atoms with Gasteiger partial charge in [0.05, 0.1) is 30.0 Å². The molecule has 1 aliphatic rings. The maximum Gasteiger partial charge on any atom is 0.219 e. The van der Waals surface area contributed by atoms with Gasteiger partial charge in [0.1, 0.15) is 5.01 Å². The summed E-state index contributed by atoms with van der Waals surface area (Å²) in [6.07, 6.45) is 10.2. The second-order valence-corrected chi connectivity index (χ2v) is 8.12. The summed E-state index contributed by atoms with van der Waals surface area (Å²) in [6, 6.07) is 10.2. The Kier molecular flexibility index (Phi) is 4.37. The number of aryl methyl sites for hydroxylation is 2. The average Bonchev–Trinajstić information content (AvgIpc) is 3.33. The van der Waals surface area contributed by atoms with E-state index >= 15 is 0 Å². The number of fused-ring (bicyclic) bond motifs is 1. The lowest BCUT2D eigenvalue weighted by atomic mass is 10.0. The predicted molar refractivity (Wildman–Crippen MR) is 111 cm³/mol. The molecular weight excluding hydrogens is 368 g/mol. The van der Waals surface area contributed by atoms with Crippen molar-refractivity contribution >= 4 is 17.3 Å². The molecule has 0 fully saturated rings. The topological polar surface area (TPSA) is 82.5 Å². The molecule has 6 nitrogen and oxygen atoms in total. The van der Waals surface area contributed by atoms with Gasteiger partial charge in [-0.1, -0.05) is 30.3 Å². The van der Waals surface area contributed by atoms with E-state index in [1.807, 2.05) is 35.9 Å². The lowest BCUT2D eigenvalue weighted by Gasteiger charge is -2.09. The van der Waals surface area contributed by atoms with E-state index < -0.39 is 0 Å². The van der Waals surface area contributed by atoms with Crippen molar-refractivity contribution < 1.29 is 0 Å². The van der Waals surface area contributed by atoms with Crippen LogP contribution in [-0.2, 0) is 19.4 Å². The molecular formula is C21H20N6S. The van der Waals surface area contributed by atoms with Crippen LogP contribution in [0.4, 0.5) is 5.95 Å². The van der Waals surface area contributed by atoms with Crippen LogP contribution < -0.4 is 5.73 Å². The van der Waals surface area contributed by atoms with Crippen LogP contribution in [0.5, 0.6) is 0 Å². The van der Waals surface area contributed by atoms with Gasteiger partial charge in [-0.3, -0.25) is 0 Å². The van der Waals surface area contributed by atoms with Gasteiger partial charge in [-0.2, -0.15) is 0 Å². The van der Waals surface area contributed by atoms with Gasteiger partial charge in [-0.05, 0) is 25.7 Å². The van der Waals surface area contributed by atoms with Crippen molar-refractivity contribution in [3.05, 3.63) is 64.6 Å². The molecule has 0 atom stereocenters. The lowest BCUT2D eigenvalue weighted by molar-refractivity contribution is 0.678. The molecule has 0 unspecified atom stereocenters. The van der Waals surface area contributed by atoms with Crippen molar-refractivity contribution in [2.45, 2.75) is 32.2 Å². The number of hydrogen-bond donors (Lipinski definition) is 1.